The number of hydrogen-bond donors (Lipinski definition) is 1. The number of nitriles is 1. The lowest BCUT2D eigenvalue weighted by Crippen LogP contribution is -2.46. The molecule has 0 atom stereocenters. The molecule has 0 bridgehead atoms. The topological polar surface area (TPSA) is 91.3 Å². The number of carbonyl (C=O) groups excluding carboxylic acids is 2. The van der Waals surface area contributed by atoms with E-state index in [1.54, 1.807) is 35.7 Å². The number of piperidine rings is 1. The highest BCUT2D eigenvalue weighted by Crippen LogP contribution is 2.25. The molecule has 0 aromatic carbocycles. The molecule has 2 amide bonds. The molecule has 7 heteroatoms. The minimum atomic E-state index is -0.308. The number of nitrogens with one attached hydrogen (secondary N) is 1. The Balaban J connectivity index is 1.77. The van der Waals surface area contributed by atoms with Crippen LogP contribution in [0.25, 0.3) is 5.88 Å². The standard InChI is InChI=1S/C18H20N4O3/c1-12-16(15(11-19)18(25-12)22-7-3-4-8-22)17(24)20-14-5-9-21(10-6-14)13(2)23/h3-4,7-8,14H,5-6,9-10H2,1-2H3,(H,20,24). The SMILES string of the molecule is CC(=O)N1CCC(NC(=O)c2c(C)oc(-n3cccc3)c2C#N)CC1. The van der Waals surface area contributed by atoms with Crippen molar-refractivity contribution >= 4 is 11.8 Å². The molecule has 7 nitrogen and oxygen atoms in total. The van der Waals surface area contributed by atoms with E-state index >= 15 is 0 Å². The minimum absolute atomic E-state index is 0.0148. The van der Waals surface area contributed by atoms with Crippen LogP contribution in [0.1, 0.15) is 41.4 Å². The summed E-state index contributed by atoms with van der Waals surface area (Å²) in [7, 11) is 0. The normalized spacial score (nSPS) is 15.0. The Morgan fingerprint density at radius 3 is 2.48 bits per heavy atom. The van der Waals surface area contributed by atoms with Gasteiger partial charge in [-0.2, -0.15) is 5.26 Å². The van der Waals surface area contributed by atoms with Crippen molar-refractivity contribution in [2.24, 2.45) is 0 Å². The molecule has 1 saturated heterocycles. The van der Waals surface area contributed by atoms with Crippen LogP contribution < -0.4 is 5.32 Å². The van der Waals surface area contributed by atoms with Crippen molar-refractivity contribution in [1.82, 2.24) is 14.8 Å². The summed E-state index contributed by atoms with van der Waals surface area (Å²) in [6, 6.07) is 5.71. The molecule has 1 aliphatic heterocycles. The average molecular weight is 340 g/mol. The van der Waals surface area contributed by atoms with Gasteiger partial charge in [0.1, 0.15) is 23.0 Å². The maximum Gasteiger partial charge on any atom is 0.256 e. The Morgan fingerprint density at radius 2 is 1.92 bits per heavy atom. The number of aromatic nitrogens is 1. The molecule has 1 N–H and O–H groups in total. The fourth-order valence-corrected chi connectivity index (χ4v) is 3.16. The van der Waals surface area contributed by atoms with Crippen molar-refractivity contribution in [2.75, 3.05) is 13.1 Å². The van der Waals surface area contributed by atoms with Crippen LogP contribution in [0.15, 0.2) is 28.9 Å². The lowest BCUT2D eigenvalue weighted by atomic mass is 10.0. The summed E-state index contributed by atoms with van der Waals surface area (Å²) in [6.45, 7) is 4.49. The zero-order valence-corrected chi connectivity index (χ0v) is 14.3. The number of furan rings is 1. The van der Waals surface area contributed by atoms with Crippen LogP contribution in [-0.4, -0.2) is 40.4 Å². The van der Waals surface area contributed by atoms with Crippen molar-refractivity contribution in [3.8, 4) is 12.0 Å². The number of rotatable bonds is 3. The van der Waals surface area contributed by atoms with Gasteiger partial charge in [-0.15, -0.1) is 0 Å². The summed E-state index contributed by atoms with van der Waals surface area (Å²) in [4.78, 5) is 25.9. The summed E-state index contributed by atoms with van der Waals surface area (Å²) in [5.41, 5.74) is 0.507. The molecular formula is C18H20N4O3. The predicted molar refractivity (Wildman–Crippen MR) is 90.2 cm³/mol. The van der Waals surface area contributed by atoms with Gasteiger partial charge in [0.05, 0.1) is 0 Å². The van der Waals surface area contributed by atoms with E-state index in [2.05, 4.69) is 11.4 Å². The number of aryl methyl sites for hydroxylation is 1. The second-order valence-electron chi connectivity index (χ2n) is 6.17. The molecule has 3 heterocycles. The Labute approximate surface area is 145 Å². The largest absolute Gasteiger partial charge is 0.443 e. The molecule has 2 aromatic rings. The number of nitrogens with zero attached hydrogens (tertiary/aromatic N) is 3. The third-order valence-electron chi connectivity index (χ3n) is 4.52. The molecule has 0 saturated carbocycles. The van der Waals surface area contributed by atoms with Crippen LogP contribution >= 0.6 is 0 Å². The van der Waals surface area contributed by atoms with E-state index in [9.17, 15) is 14.9 Å². The summed E-state index contributed by atoms with van der Waals surface area (Å²) in [5, 5.41) is 12.5. The summed E-state index contributed by atoms with van der Waals surface area (Å²) in [5.74, 6) is 0.511. The second-order valence-corrected chi connectivity index (χ2v) is 6.17. The average Bonchev–Trinajstić information content (AvgIpc) is 3.22. The highest BCUT2D eigenvalue weighted by molar-refractivity contribution is 5.98. The van der Waals surface area contributed by atoms with Crippen LogP contribution in [-0.2, 0) is 4.79 Å². The fraction of sp³-hybridized carbons (Fsp3) is 0.389. The van der Waals surface area contributed by atoms with Gasteiger partial charge < -0.3 is 14.6 Å². The maximum atomic E-state index is 12.7. The van der Waals surface area contributed by atoms with Crippen molar-refractivity contribution in [1.29, 1.82) is 5.26 Å². The lowest BCUT2D eigenvalue weighted by Gasteiger charge is -2.31. The van der Waals surface area contributed by atoms with E-state index in [1.165, 1.54) is 0 Å². The van der Waals surface area contributed by atoms with Gasteiger partial charge >= 0.3 is 0 Å². The third kappa shape index (κ3) is 3.29. The van der Waals surface area contributed by atoms with Gasteiger partial charge in [0.2, 0.25) is 11.8 Å². The maximum absolute atomic E-state index is 12.7. The van der Waals surface area contributed by atoms with Crippen molar-refractivity contribution in [2.45, 2.75) is 32.7 Å². The second kappa shape index (κ2) is 6.85. The van der Waals surface area contributed by atoms with Gasteiger partial charge in [0.15, 0.2) is 0 Å². The Kier molecular flexibility index (Phi) is 4.61. The molecule has 25 heavy (non-hydrogen) atoms. The van der Waals surface area contributed by atoms with Gasteiger partial charge in [0, 0.05) is 38.4 Å². The highest BCUT2D eigenvalue weighted by atomic mass is 16.4. The highest BCUT2D eigenvalue weighted by Gasteiger charge is 2.28. The molecule has 0 aliphatic carbocycles. The van der Waals surface area contributed by atoms with Crippen molar-refractivity contribution in [3.05, 3.63) is 41.4 Å². The lowest BCUT2D eigenvalue weighted by molar-refractivity contribution is -0.129. The van der Waals surface area contributed by atoms with Gasteiger partial charge in [-0.05, 0) is 31.9 Å². The van der Waals surface area contributed by atoms with Gasteiger partial charge in [0.25, 0.3) is 5.91 Å². The first-order valence-electron chi connectivity index (χ1n) is 8.24. The number of amides is 2. The minimum Gasteiger partial charge on any atom is -0.443 e. The molecular weight excluding hydrogens is 320 g/mol. The number of likely N-dealkylation sites (tertiary alicyclic amines) is 1. The van der Waals surface area contributed by atoms with Crippen LogP contribution in [0, 0.1) is 18.3 Å². The molecule has 130 valence electrons. The molecule has 1 aliphatic rings. The quantitative estimate of drug-likeness (QED) is 0.925. The number of hydrogen-bond acceptors (Lipinski definition) is 4. The predicted octanol–water partition coefficient (Wildman–Crippen LogP) is 1.99. The van der Waals surface area contributed by atoms with E-state index in [-0.39, 0.29) is 29.0 Å². The van der Waals surface area contributed by atoms with E-state index < -0.39 is 0 Å². The van der Waals surface area contributed by atoms with Gasteiger partial charge in [-0.25, -0.2) is 0 Å². The van der Waals surface area contributed by atoms with Crippen LogP contribution in [0.2, 0.25) is 0 Å². The Hall–Kier alpha value is -3.01. The molecule has 3 rings (SSSR count). The third-order valence-corrected chi connectivity index (χ3v) is 4.52. The monoisotopic (exact) mass is 340 g/mol. The molecule has 0 spiro atoms. The van der Waals surface area contributed by atoms with E-state index in [0.29, 0.717) is 37.6 Å². The summed E-state index contributed by atoms with van der Waals surface area (Å²) >= 11 is 0. The molecule has 1 fully saturated rings. The first-order valence-corrected chi connectivity index (χ1v) is 8.24. The summed E-state index contributed by atoms with van der Waals surface area (Å²) < 4.78 is 7.34. The van der Waals surface area contributed by atoms with Crippen LogP contribution in [0.4, 0.5) is 0 Å². The number of carbonyl (C=O) groups is 2. The zero-order chi connectivity index (χ0) is 18.0. The van der Waals surface area contributed by atoms with E-state index in [0.717, 1.165) is 0 Å². The van der Waals surface area contributed by atoms with E-state index in [1.807, 2.05) is 12.1 Å². The van der Waals surface area contributed by atoms with Crippen molar-refractivity contribution in [3.63, 3.8) is 0 Å². The fourth-order valence-electron chi connectivity index (χ4n) is 3.16. The van der Waals surface area contributed by atoms with Gasteiger partial charge in [-0.1, -0.05) is 0 Å². The first-order chi connectivity index (χ1) is 12.0. The Bertz CT molecular complexity index is 821. The van der Waals surface area contributed by atoms with E-state index in [4.69, 9.17) is 4.42 Å². The molecule has 0 unspecified atom stereocenters. The zero-order valence-electron chi connectivity index (χ0n) is 14.3. The smallest absolute Gasteiger partial charge is 0.256 e. The van der Waals surface area contributed by atoms with Crippen LogP contribution in [0.5, 0.6) is 0 Å². The Morgan fingerprint density at radius 1 is 1.28 bits per heavy atom. The van der Waals surface area contributed by atoms with Crippen LogP contribution in [0.3, 0.4) is 0 Å². The summed E-state index contributed by atoms with van der Waals surface area (Å²) in [6.07, 6.45) is 4.93. The molecule has 0 radical (unpaired) electrons. The van der Waals surface area contributed by atoms with Crippen molar-refractivity contribution < 1.29 is 14.0 Å². The molecule has 2 aromatic heterocycles. The van der Waals surface area contributed by atoms with Gasteiger partial charge in [-0.3, -0.25) is 14.2 Å². The first kappa shape index (κ1) is 16.8.